The Balaban J connectivity index is 1.27. The molecular weight excluding hydrogens is 511 g/mol. The number of fused-ring (bicyclic) bond motifs is 2. The van der Waals surface area contributed by atoms with Gasteiger partial charge in [-0.2, -0.15) is 0 Å². The fourth-order valence-corrected chi connectivity index (χ4v) is 6.32. The van der Waals surface area contributed by atoms with Crippen molar-refractivity contribution in [2.24, 2.45) is 7.05 Å². The van der Waals surface area contributed by atoms with Crippen molar-refractivity contribution in [1.29, 1.82) is 0 Å². The first-order chi connectivity index (χ1) is 16.5. The smallest absolute Gasteiger partial charge is 0.238 e. The minimum absolute atomic E-state index is 0.00872. The first-order valence-corrected chi connectivity index (χ1v) is 13.1. The number of para-hydroxylation sites is 1. The van der Waals surface area contributed by atoms with E-state index in [0.29, 0.717) is 26.8 Å². The predicted octanol–water partition coefficient (Wildman–Crippen LogP) is 5.80. The maximum absolute atomic E-state index is 13.4. The zero-order chi connectivity index (χ0) is 23.7. The van der Waals surface area contributed by atoms with Crippen LogP contribution in [0.5, 0.6) is 5.75 Å². The number of carbonyl (C=O) groups is 1. The number of anilines is 1. The zero-order valence-electron chi connectivity index (χ0n) is 18.1. The molecule has 2 heterocycles. The number of halogens is 2. The molecule has 1 aliphatic heterocycles. The maximum atomic E-state index is 13.4. The van der Waals surface area contributed by atoms with Gasteiger partial charge in [0.15, 0.2) is 11.0 Å². The highest BCUT2D eigenvalue weighted by Crippen LogP contribution is 2.43. The third-order valence-corrected chi connectivity index (χ3v) is 8.35. The number of carbonyl (C=O) groups excluding carboxylic acids is 1. The van der Waals surface area contributed by atoms with Crippen molar-refractivity contribution in [3.05, 3.63) is 82.6 Å². The summed E-state index contributed by atoms with van der Waals surface area (Å²) >= 11 is 15.3. The van der Waals surface area contributed by atoms with Crippen molar-refractivity contribution in [3.8, 4) is 5.75 Å². The Morgan fingerprint density at radius 2 is 1.97 bits per heavy atom. The number of thioether (sulfide) groups is 2. The number of hydrogen-bond donors (Lipinski definition) is 0. The molecule has 1 aliphatic carbocycles. The van der Waals surface area contributed by atoms with E-state index >= 15 is 0 Å². The van der Waals surface area contributed by atoms with Crippen LogP contribution in [-0.2, 0) is 18.4 Å². The second-order valence-corrected chi connectivity index (χ2v) is 10.7. The van der Waals surface area contributed by atoms with Gasteiger partial charge in [0.2, 0.25) is 5.91 Å². The molecule has 174 valence electrons. The normalized spacial score (nSPS) is 18.5. The summed E-state index contributed by atoms with van der Waals surface area (Å²) in [7, 11) is 1.85. The second kappa shape index (κ2) is 10.1. The SMILES string of the molecule is Cn1c(COc2ccc(Cl)cc2Cl)nnc1SCC(=O)N1c2ccccc2SC2C=CC=CC21. The van der Waals surface area contributed by atoms with Crippen LogP contribution in [0.25, 0.3) is 0 Å². The first-order valence-electron chi connectivity index (χ1n) is 10.5. The van der Waals surface area contributed by atoms with Gasteiger partial charge in [0.25, 0.3) is 0 Å². The third-order valence-electron chi connectivity index (χ3n) is 5.51. The monoisotopic (exact) mass is 530 g/mol. The van der Waals surface area contributed by atoms with E-state index in [1.54, 1.807) is 30.0 Å². The summed E-state index contributed by atoms with van der Waals surface area (Å²) in [6.45, 7) is 0.191. The van der Waals surface area contributed by atoms with Crippen molar-refractivity contribution in [2.45, 2.75) is 28.0 Å². The van der Waals surface area contributed by atoms with Crippen LogP contribution in [0.3, 0.4) is 0 Å². The minimum atomic E-state index is -0.00872. The highest BCUT2D eigenvalue weighted by Gasteiger charge is 2.36. The van der Waals surface area contributed by atoms with Gasteiger partial charge in [0.1, 0.15) is 12.4 Å². The molecule has 3 aromatic rings. The Morgan fingerprint density at radius 1 is 1.15 bits per heavy atom. The summed E-state index contributed by atoms with van der Waals surface area (Å²) in [5.41, 5.74) is 0.950. The van der Waals surface area contributed by atoms with Crippen molar-refractivity contribution in [3.63, 3.8) is 0 Å². The average molecular weight is 531 g/mol. The first kappa shape index (κ1) is 23.4. The van der Waals surface area contributed by atoms with Crippen LogP contribution in [0.15, 0.2) is 76.8 Å². The van der Waals surface area contributed by atoms with E-state index < -0.39 is 0 Å². The van der Waals surface area contributed by atoms with Crippen molar-refractivity contribution >= 4 is 58.3 Å². The highest BCUT2D eigenvalue weighted by atomic mass is 35.5. The average Bonchev–Trinajstić information content (AvgIpc) is 3.19. The number of ether oxygens (including phenoxy) is 1. The summed E-state index contributed by atoms with van der Waals surface area (Å²) in [5, 5.41) is 10.3. The molecule has 2 aliphatic rings. The fraction of sp³-hybridized carbons (Fsp3) is 0.208. The molecule has 0 N–H and O–H groups in total. The lowest BCUT2D eigenvalue weighted by atomic mass is 10.0. The summed E-state index contributed by atoms with van der Waals surface area (Å²) in [4.78, 5) is 16.4. The van der Waals surface area contributed by atoms with Crippen LogP contribution in [0.1, 0.15) is 5.82 Å². The van der Waals surface area contributed by atoms with Crippen LogP contribution in [0.2, 0.25) is 10.0 Å². The Kier molecular flexibility index (Phi) is 6.92. The Hall–Kier alpha value is -2.39. The molecule has 1 amide bonds. The van der Waals surface area contributed by atoms with Crippen molar-refractivity contribution in [2.75, 3.05) is 10.7 Å². The molecule has 0 bridgehead atoms. The molecule has 0 saturated carbocycles. The number of benzene rings is 2. The largest absolute Gasteiger partial charge is 0.484 e. The van der Waals surface area contributed by atoms with Gasteiger partial charge in [-0.15, -0.1) is 22.0 Å². The molecule has 2 atom stereocenters. The maximum Gasteiger partial charge on any atom is 0.238 e. The standard InChI is InChI=1S/C24H20Cl2N4O2S2/c1-29-22(13-32-19-11-10-15(25)12-16(19)26)27-28-24(29)33-14-23(31)30-17-6-2-4-8-20(17)34-21-9-5-3-7-18(21)30/h2-12,17,20H,13-14H2,1H3. The van der Waals surface area contributed by atoms with E-state index in [2.05, 4.69) is 28.4 Å². The van der Waals surface area contributed by atoms with Gasteiger partial charge >= 0.3 is 0 Å². The molecule has 5 rings (SSSR count). The van der Waals surface area contributed by atoms with Crippen LogP contribution in [0, 0.1) is 0 Å². The molecule has 0 fully saturated rings. The van der Waals surface area contributed by atoms with Crippen LogP contribution < -0.4 is 9.64 Å². The van der Waals surface area contributed by atoms with Crippen molar-refractivity contribution in [1.82, 2.24) is 14.8 Å². The molecule has 10 heteroatoms. The quantitative estimate of drug-likeness (QED) is 0.375. The van der Waals surface area contributed by atoms with Gasteiger partial charge < -0.3 is 14.2 Å². The molecule has 2 aromatic carbocycles. The zero-order valence-corrected chi connectivity index (χ0v) is 21.2. The van der Waals surface area contributed by atoms with E-state index in [-0.39, 0.29) is 29.6 Å². The molecule has 6 nitrogen and oxygen atoms in total. The lowest BCUT2D eigenvalue weighted by molar-refractivity contribution is -0.116. The molecule has 34 heavy (non-hydrogen) atoms. The Bertz CT molecular complexity index is 1290. The van der Waals surface area contributed by atoms with Gasteiger partial charge in [-0.3, -0.25) is 4.79 Å². The number of aromatic nitrogens is 3. The molecular formula is C24H20Cl2N4O2S2. The Labute approximate surface area is 216 Å². The van der Waals surface area contributed by atoms with Crippen LogP contribution >= 0.6 is 46.7 Å². The summed E-state index contributed by atoms with van der Waals surface area (Å²) in [5.74, 6) is 1.42. The Morgan fingerprint density at radius 3 is 2.82 bits per heavy atom. The highest BCUT2D eigenvalue weighted by molar-refractivity contribution is 8.00. The van der Waals surface area contributed by atoms with Gasteiger partial charge in [-0.1, -0.05) is 71.4 Å². The number of hydrogen-bond acceptors (Lipinski definition) is 6. The summed E-state index contributed by atoms with van der Waals surface area (Å²) in [6.07, 6.45) is 8.29. The van der Waals surface area contributed by atoms with Gasteiger partial charge in [-0.05, 0) is 30.3 Å². The van der Waals surface area contributed by atoms with E-state index in [1.165, 1.54) is 11.8 Å². The van der Waals surface area contributed by atoms with Gasteiger partial charge in [0, 0.05) is 17.0 Å². The number of amides is 1. The lowest BCUT2D eigenvalue weighted by Crippen LogP contribution is -2.48. The van der Waals surface area contributed by atoms with Crippen LogP contribution in [0.4, 0.5) is 5.69 Å². The fourth-order valence-electron chi connectivity index (χ4n) is 3.81. The summed E-state index contributed by atoms with van der Waals surface area (Å²) < 4.78 is 7.60. The van der Waals surface area contributed by atoms with E-state index in [0.717, 1.165) is 10.6 Å². The van der Waals surface area contributed by atoms with E-state index in [4.69, 9.17) is 27.9 Å². The molecule has 0 spiro atoms. The molecule has 0 saturated heterocycles. The topological polar surface area (TPSA) is 60.2 Å². The second-order valence-electron chi connectivity index (χ2n) is 7.68. The minimum Gasteiger partial charge on any atom is -0.484 e. The lowest BCUT2D eigenvalue weighted by Gasteiger charge is -2.40. The van der Waals surface area contributed by atoms with Gasteiger partial charge in [-0.25, -0.2) is 0 Å². The number of nitrogens with zero attached hydrogens (tertiary/aromatic N) is 4. The van der Waals surface area contributed by atoms with E-state index in [1.807, 2.05) is 46.9 Å². The summed E-state index contributed by atoms with van der Waals surface area (Å²) in [6, 6.07) is 13.1. The third kappa shape index (κ3) is 4.73. The van der Waals surface area contributed by atoms with Gasteiger partial charge in [0.05, 0.1) is 27.8 Å². The van der Waals surface area contributed by atoms with E-state index in [9.17, 15) is 4.79 Å². The van der Waals surface area contributed by atoms with Crippen molar-refractivity contribution < 1.29 is 9.53 Å². The predicted molar refractivity (Wildman–Crippen MR) is 138 cm³/mol. The molecule has 0 radical (unpaired) electrons. The molecule has 1 aromatic heterocycles. The number of rotatable bonds is 6. The van der Waals surface area contributed by atoms with Crippen LogP contribution in [-0.4, -0.2) is 37.7 Å². The molecule has 2 unspecified atom stereocenters. The number of allylic oxidation sites excluding steroid dienone is 2.